The van der Waals surface area contributed by atoms with Crippen LogP contribution in [0.5, 0.6) is 23.0 Å². The van der Waals surface area contributed by atoms with Gasteiger partial charge in [0.2, 0.25) is 0 Å². The Balaban J connectivity index is 0.000000224. The first-order valence-electron chi connectivity index (χ1n) is 18.1. The van der Waals surface area contributed by atoms with Crippen molar-refractivity contribution in [3.63, 3.8) is 0 Å². The van der Waals surface area contributed by atoms with Gasteiger partial charge in [-0.1, -0.05) is 12.1 Å². The van der Waals surface area contributed by atoms with Crippen LogP contribution in [-0.2, 0) is 20.4 Å². The summed E-state index contributed by atoms with van der Waals surface area (Å²) >= 11 is 0. The van der Waals surface area contributed by atoms with Gasteiger partial charge < -0.3 is 34.0 Å². The molecule has 0 aliphatic heterocycles. The van der Waals surface area contributed by atoms with Gasteiger partial charge in [0, 0.05) is 5.97 Å². The molecule has 4 saturated carbocycles. The predicted molar refractivity (Wildman–Crippen MR) is 183 cm³/mol. The molecule has 0 amide bonds. The van der Waals surface area contributed by atoms with E-state index < -0.39 is 28.7 Å². The third-order valence-corrected chi connectivity index (χ3v) is 11.4. The van der Waals surface area contributed by atoms with E-state index in [4.69, 9.17) is 18.9 Å². The Morgan fingerprint density at radius 2 is 1.04 bits per heavy atom. The molecule has 4 aliphatic rings. The van der Waals surface area contributed by atoms with Gasteiger partial charge in [0.15, 0.2) is 23.0 Å². The SMILES string of the molecule is COc1ccc(C2(C#N)CCC(C(=O)O)CC2)cc1OC1CCCC1.COc1ccc(C2(C#N)CCC(C(=O)[O-])CC2)cc1OC1CCCC1.[Li+]. The monoisotopic (exact) mass is 692 g/mol. The molecule has 4 aliphatic carbocycles. The average Bonchev–Trinajstić information content (AvgIpc) is 3.87. The van der Waals surface area contributed by atoms with Gasteiger partial charge in [0.1, 0.15) is 0 Å². The van der Waals surface area contributed by atoms with Crippen LogP contribution in [0, 0.1) is 34.5 Å². The van der Waals surface area contributed by atoms with Crippen molar-refractivity contribution in [3.05, 3.63) is 47.5 Å². The Bertz CT molecular complexity index is 1450. The average molecular weight is 693 g/mol. The van der Waals surface area contributed by atoms with Crippen LogP contribution in [0.15, 0.2) is 36.4 Å². The molecule has 10 nitrogen and oxygen atoms in total. The maximum absolute atomic E-state index is 11.2. The van der Waals surface area contributed by atoms with Gasteiger partial charge in [-0.15, -0.1) is 0 Å². The zero-order chi connectivity index (χ0) is 35.7. The Labute approximate surface area is 313 Å². The maximum atomic E-state index is 11.2. The topological polar surface area (TPSA) is 162 Å². The van der Waals surface area contributed by atoms with Gasteiger partial charge in [-0.3, -0.25) is 4.79 Å². The number of benzene rings is 2. The van der Waals surface area contributed by atoms with Crippen molar-refractivity contribution in [1.82, 2.24) is 0 Å². The predicted octanol–water partition coefficient (Wildman–Crippen LogP) is 3.77. The van der Waals surface area contributed by atoms with Gasteiger partial charge in [0.05, 0.1) is 55.3 Å². The van der Waals surface area contributed by atoms with Gasteiger partial charge >= 0.3 is 24.8 Å². The minimum Gasteiger partial charge on any atom is -0.550 e. The first-order valence-corrected chi connectivity index (χ1v) is 18.1. The van der Waals surface area contributed by atoms with E-state index in [-0.39, 0.29) is 37.0 Å². The summed E-state index contributed by atoms with van der Waals surface area (Å²) < 4.78 is 23.1. The van der Waals surface area contributed by atoms with Crippen LogP contribution in [0.2, 0.25) is 0 Å². The summed E-state index contributed by atoms with van der Waals surface area (Å²) in [7, 11) is 3.23. The molecule has 0 spiro atoms. The van der Waals surface area contributed by atoms with E-state index in [0.29, 0.717) is 74.4 Å². The number of rotatable bonds is 10. The number of hydrogen-bond donors (Lipinski definition) is 1. The van der Waals surface area contributed by atoms with E-state index in [9.17, 15) is 30.3 Å². The number of aliphatic carboxylic acids is 2. The first-order chi connectivity index (χ1) is 24.2. The van der Waals surface area contributed by atoms with Crippen LogP contribution < -0.4 is 42.9 Å². The van der Waals surface area contributed by atoms with Crippen molar-refractivity contribution in [2.24, 2.45) is 11.8 Å². The summed E-state index contributed by atoms with van der Waals surface area (Å²) in [5.74, 6) is 0.182. The number of carbonyl (C=O) groups is 2. The van der Waals surface area contributed by atoms with Crippen LogP contribution in [0.25, 0.3) is 0 Å². The molecule has 268 valence electrons. The molecule has 0 saturated heterocycles. The van der Waals surface area contributed by atoms with E-state index in [1.165, 1.54) is 25.7 Å². The van der Waals surface area contributed by atoms with E-state index in [1.54, 1.807) is 14.2 Å². The maximum Gasteiger partial charge on any atom is 1.00 e. The Morgan fingerprint density at radius 1 is 0.667 bits per heavy atom. The molecule has 0 radical (unpaired) electrons. The van der Waals surface area contributed by atoms with Gasteiger partial charge in [0.25, 0.3) is 0 Å². The number of methoxy groups -OCH3 is 2. The summed E-state index contributed by atoms with van der Waals surface area (Å²) in [6.07, 6.45) is 13.5. The largest absolute Gasteiger partial charge is 1.00 e. The van der Waals surface area contributed by atoms with Crippen molar-refractivity contribution in [3.8, 4) is 35.1 Å². The quantitative estimate of drug-likeness (QED) is 0.363. The molecular weight excluding hydrogens is 643 g/mol. The molecule has 6 rings (SSSR count). The summed E-state index contributed by atoms with van der Waals surface area (Å²) in [6, 6.07) is 16.3. The Morgan fingerprint density at radius 3 is 1.35 bits per heavy atom. The summed E-state index contributed by atoms with van der Waals surface area (Å²) in [4.78, 5) is 22.3. The molecule has 0 unspecified atom stereocenters. The molecule has 0 bridgehead atoms. The zero-order valence-electron chi connectivity index (χ0n) is 30.3. The third kappa shape index (κ3) is 9.34. The molecular formula is C40H49LiN2O8. The summed E-state index contributed by atoms with van der Waals surface area (Å²) in [6.45, 7) is 0. The normalized spacial score (nSPS) is 26.3. The van der Waals surface area contributed by atoms with Gasteiger partial charge in [-0.25, -0.2) is 0 Å². The van der Waals surface area contributed by atoms with Crippen LogP contribution >= 0.6 is 0 Å². The fourth-order valence-corrected chi connectivity index (χ4v) is 8.14. The molecule has 2 aromatic rings. The molecule has 0 aromatic heterocycles. The van der Waals surface area contributed by atoms with Crippen LogP contribution in [0.1, 0.15) is 114 Å². The van der Waals surface area contributed by atoms with E-state index >= 15 is 0 Å². The second kappa shape index (κ2) is 18.1. The molecule has 11 heteroatoms. The molecule has 0 heterocycles. The Kier molecular flexibility index (Phi) is 14.2. The fourth-order valence-electron chi connectivity index (χ4n) is 8.14. The van der Waals surface area contributed by atoms with Crippen molar-refractivity contribution >= 4 is 11.9 Å². The van der Waals surface area contributed by atoms with Crippen LogP contribution in [-0.4, -0.2) is 43.5 Å². The molecule has 4 fully saturated rings. The van der Waals surface area contributed by atoms with Gasteiger partial charge in [-0.2, -0.15) is 10.5 Å². The van der Waals surface area contributed by atoms with Crippen molar-refractivity contribution in [2.75, 3.05) is 14.2 Å². The van der Waals surface area contributed by atoms with Crippen LogP contribution in [0.3, 0.4) is 0 Å². The number of carboxylic acids is 2. The van der Waals surface area contributed by atoms with Gasteiger partial charge in [-0.05, 0) is 144 Å². The standard InChI is InChI=1S/2C20H25NO4.Li/c2*1-24-17-7-6-15(12-18(17)25-16-4-2-3-5-16)20(13-21)10-8-14(9-11-20)19(22)23;/h2*6-7,12,14,16H,2-5,8-11H2,1H3,(H,22,23);/q;;+1/p-1. The van der Waals surface area contributed by atoms with E-state index in [0.717, 1.165) is 36.8 Å². The molecule has 2 aromatic carbocycles. The molecule has 0 atom stereocenters. The molecule has 1 N–H and O–H groups in total. The number of ether oxygens (including phenoxy) is 4. The minimum atomic E-state index is -1.01. The number of carboxylic acid groups (broad SMARTS) is 2. The first kappa shape index (κ1) is 39.9. The number of carbonyl (C=O) groups excluding carboxylic acids is 1. The summed E-state index contributed by atoms with van der Waals surface area (Å²) in [5.41, 5.74) is 0.506. The Hall–Kier alpha value is -3.84. The third-order valence-electron chi connectivity index (χ3n) is 11.4. The fraction of sp³-hybridized carbons (Fsp3) is 0.600. The number of nitriles is 2. The second-order valence-electron chi connectivity index (χ2n) is 14.4. The minimum absolute atomic E-state index is 0. The van der Waals surface area contributed by atoms with Crippen LogP contribution in [0.4, 0.5) is 0 Å². The second-order valence-corrected chi connectivity index (χ2v) is 14.4. The number of nitrogens with zero attached hydrogens (tertiary/aromatic N) is 2. The van der Waals surface area contributed by atoms with Crippen molar-refractivity contribution in [1.29, 1.82) is 10.5 Å². The smallest absolute Gasteiger partial charge is 0.550 e. The van der Waals surface area contributed by atoms with E-state index in [1.807, 2.05) is 36.4 Å². The number of hydrogen-bond acceptors (Lipinski definition) is 9. The molecule has 51 heavy (non-hydrogen) atoms. The van der Waals surface area contributed by atoms with Crippen molar-refractivity contribution in [2.45, 2.75) is 126 Å². The van der Waals surface area contributed by atoms with E-state index in [2.05, 4.69) is 12.1 Å². The zero-order valence-corrected chi connectivity index (χ0v) is 30.3. The summed E-state index contributed by atoms with van der Waals surface area (Å²) in [5, 5.41) is 40.0. The van der Waals surface area contributed by atoms with Crippen molar-refractivity contribution < 1.29 is 57.6 Å².